The van der Waals surface area contributed by atoms with Crippen molar-refractivity contribution < 1.29 is 19.1 Å². The van der Waals surface area contributed by atoms with Crippen LogP contribution < -0.4 is 10.6 Å². The fourth-order valence-corrected chi connectivity index (χ4v) is 5.20. The van der Waals surface area contributed by atoms with Crippen LogP contribution in [0.15, 0.2) is 53.3 Å². The van der Waals surface area contributed by atoms with Crippen molar-refractivity contribution in [2.75, 3.05) is 18.1 Å². The molecule has 1 aromatic heterocycles. The zero-order valence-electron chi connectivity index (χ0n) is 19.8. The Hall–Kier alpha value is -3.88. The lowest BCUT2D eigenvalue weighted by Gasteiger charge is -2.48. The van der Waals surface area contributed by atoms with Crippen molar-refractivity contribution in [3.8, 4) is 0 Å². The Morgan fingerprint density at radius 2 is 1.83 bits per heavy atom. The largest absolute Gasteiger partial charge is 0.462 e. The molecule has 5 rings (SSSR count). The highest BCUT2D eigenvalue weighted by atomic mass is 16.5. The molecule has 0 bridgehead atoms. The first-order valence-corrected chi connectivity index (χ1v) is 11.9. The zero-order valence-corrected chi connectivity index (χ0v) is 19.8. The van der Waals surface area contributed by atoms with Gasteiger partial charge in [0.1, 0.15) is 0 Å². The van der Waals surface area contributed by atoms with Crippen LogP contribution in [-0.2, 0) is 20.9 Å². The van der Waals surface area contributed by atoms with Crippen LogP contribution in [0.25, 0.3) is 11.0 Å². The second-order valence-corrected chi connectivity index (χ2v) is 9.46. The second kappa shape index (κ2) is 8.72. The highest BCUT2D eigenvalue weighted by molar-refractivity contribution is 6.15. The first kappa shape index (κ1) is 22.9. The third kappa shape index (κ3) is 3.62. The number of anilines is 1. The third-order valence-electron chi connectivity index (χ3n) is 6.69. The Balaban J connectivity index is 1.39. The van der Waals surface area contributed by atoms with Crippen LogP contribution in [0.1, 0.15) is 43.5 Å². The molecule has 3 heterocycles. The van der Waals surface area contributed by atoms with Gasteiger partial charge in [0.25, 0.3) is 5.91 Å². The highest BCUT2D eigenvalue weighted by Gasteiger charge is 2.61. The molecule has 9 heteroatoms. The number of fused-ring (bicyclic) bond motifs is 4. The molecule has 9 nitrogen and oxygen atoms in total. The molecule has 0 aliphatic carbocycles. The van der Waals surface area contributed by atoms with Crippen molar-refractivity contribution in [2.45, 2.75) is 45.3 Å². The standard InChI is InChI=1S/C26H28N4O5/c1-17(2)16-29-23(32)18-8-3-5-10-20(18)30-22(31)12-13-26(29,30)24(33)35-15-7-14-28-21-11-6-4-9-19(21)27-25(28)34/h3-6,8-11,17H,7,12-16H2,1-2H3,(H,27,34)/t26-/m1/s1. The molecule has 0 radical (unpaired) electrons. The van der Waals surface area contributed by atoms with Gasteiger partial charge in [-0.05, 0) is 36.6 Å². The van der Waals surface area contributed by atoms with Crippen molar-refractivity contribution in [1.29, 1.82) is 0 Å². The van der Waals surface area contributed by atoms with Gasteiger partial charge in [0.15, 0.2) is 0 Å². The van der Waals surface area contributed by atoms with Gasteiger partial charge in [-0.15, -0.1) is 0 Å². The number of H-pyrrole nitrogens is 1. The van der Waals surface area contributed by atoms with Crippen molar-refractivity contribution >= 4 is 34.5 Å². The number of aromatic nitrogens is 2. The Morgan fingerprint density at radius 1 is 1.09 bits per heavy atom. The van der Waals surface area contributed by atoms with E-state index >= 15 is 0 Å². The molecule has 0 unspecified atom stereocenters. The van der Waals surface area contributed by atoms with E-state index in [1.807, 2.05) is 38.1 Å². The number of rotatable bonds is 7. The maximum Gasteiger partial charge on any atom is 0.353 e. The molecule has 2 amide bonds. The number of hydrogen-bond donors (Lipinski definition) is 1. The van der Waals surface area contributed by atoms with Gasteiger partial charge in [0.2, 0.25) is 11.6 Å². The van der Waals surface area contributed by atoms with Crippen LogP contribution in [0, 0.1) is 5.92 Å². The maximum absolute atomic E-state index is 13.7. The van der Waals surface area contributed by atoms with Gasteiger partial charge in [0.05, 0.1) is 28.9 Å². The van der Waals surface area contributed by atoms with E-state index in [9.17, 15) is 19.2 Å². The number of nitrogens with zero attached hydrogens (tertiary/aromatic N) is 3. The molecular formula is C26H28N4O5. The number of carbonyl (C=O) groups excluding carboxylic acids is 3. The smallest absolute Gasteiger partial charge is 0.353 e. The van der Waals surface area contributed by atoms with Crippen molar-refractivity contribution in [1.82, 2.24) is 14.5 Å². The summed E-state index contributed by atoms with van der Waals surface area (Å²) in [5, 5.41) is 0. The number of benzene rings is 2. The fraction of sp³-hybridized carbons (Fsp3) is 0.385. The topological polar surface area (TPSA) is 105 Å². The van der Waals surface area contributed by atoms with E-state index in [0.29, 0.717) is 30.8 Å². The van der Waals surface area contributed by atoms with Crippen molar-refractivity contribution in [3.05, 3.63) is 64.6 Å². The minimum atomic E-state index is -1.50. The summed E-state index contributed by atoms with van der Waals surface area (Å²) < 4.78 is 7.32. The molecule has 2 aliphatic heterocycles. The van der Waals surface area contributed by atoms with E-state index in [1.165, 1.54) is 9.80 Å². The summed E-state index contributed by atoms with van der Waals surface area (Å²) in [6, 6.07) is 14.3. The lowest BCUT2D eigenvalue weighted by atomic mass is 9.95. The number of para-hydroxylation sites is 3. The predicted octanol–water partition coefficient (Wildman–Crippen LogP) is 2.90. The normalized spacial score (nSPS) is 19.4. The first-order chi connectivity index (χ1) is 16.8. The molecule has 2 aliphatic rings. The summed E-state index contributed by atoms with van der Waals surface area (Å²) in [5.74, 6) is -1.01. The van der Waals surface area contributed by atoms with Crippen LogP contribution in [-0.4, -0.2) is 51.0 Å². The predicted molar refractivity (Wildman–Crippen MR) is 130 cm³/mol. The van der Waals surface area contributed by atoms with E-state index in [-0.39, 0.29) is 42.9 Å². The van der Waals surface area contributed by atoms with E-state index in [2.05, 4.69) is 4.98 Å². The molecule has 35 heavy (non-hydrogen) atoms. The molecule has 3 aromatic rings. The number of carbonyl (C=O) groups is 3. The number of ether oxygens (including phenoxy) is 1. The third-order valence-corrected chi connectivity index (χ3v) is 6.69. The number of nitrogens with one attached hydrogen (secondary N) is 1. The first-order valence-electron chi connectivity index (χ1n) is 11.9. The minimum absolute atomic E-state index is 0.0555. The van der Waals surface area contributed by atoms with Crippen LogP contribution in [0.2, 0.25) is 0 Å². The second-order valence-electron chi connectivity index (χ2n) is 9.46. The quantitative estimate of drug-likeness (QED) is 0.417. The molecule has 1 atom stereocenters. The maximum atomic E-state index is 13.7. The van der Waals surface area contributed by atoms with Gasteiger partial charge < -0.3 is 14.6 Å². The van der Waals surface area contributed by atoms with Crippen LogP contribution in [0.5, 0.6) is 0 Å². The number of imidazole rings is 1. The van der Waals surface area contributed by atoms with Crippen LogP contribution in [0.4, 0.5) is 5.69 Å². The number of amides is 2. The van der Waals surface area contributed by atoms with Gasteiger partial charge in [-0.2, -0.15) is 0 Å². The monoisotopic (exact) mass is 476 g/mol. The van der Waals surface area contributed by atoms with E-state index in [0.717, 1.165) is 11.0 Å². The van der Waals surface area contributed by atoms with Gasteiger partial charge in [-0.1, -0.05) is 38.1 Å². The molecule has 182 valence electrons. The number of hydrogen-bond acceptors (Lipinski definition) is 5. The van der Waals surface area contributed by atoms with Gasteiger partial charge in [0, 0.05) is 25.9 Å². The Morgan fingerprint density at radius 3 is 2.63 bits per heavy atom. The van der Waals surface area contributed by atoms with E-state index in [4.69, 9.17) is 4.74 Å². The Kier molecular flexibility index (Phi) is 5.70. The summed E-state index contributed by atoms with van der Waals surface area (Å²) in [6.45, 7) is 4.67. The van der Waals surface area contributed by atoms with E-state index < -0.39 is 11.6 Å². The number of esters is 1. The Labute approximate surface area is 202 Å². The molecule has 2 aromatic carbocycles. The average molecular weight is 477 g/mol. The summed E-state index contributed by atoms with van der Waals surface area (Å²) in [7, 11) is 0. The molecule has 1 fully saturated rings. The van der Waals surface area contributed by atoms with Gasteiger partial charge in [-0.25, -0.2) is 9.59 Å². The zero-order chi connectivity index (χ0) is 24.7. The van der Waals surface area contributed by atoms with Crippen LogP contribution >= 0.6 is 0 Å². The Bertz CT molecular complexity index is 1370. The summed E-state index contributed by atoms with van der Waals surface area (Å²) in [5.41, 5.74) is 0.670. The minimum Gasteiger partial charge on any atom is -0.462 e. The molecule has 0 spiro atoms. The fourth-order valence-electron chi connectivity index (χ4n) is 5.20. The van der Waals surface area contributed by atoms with Crippen molar-refractivity contribution in [3.63, 3.8) is 0 Å². The molecule has 1 saturated heterocycles. The molecule has 0 saturated carbocycles. The molecule has 1 N–H and O–H groups in total. The summed E-state index contributed by atoms with van der Waals surface area (Å²) in [6.07, 6.45) is 0.738. The van der Waals surface area contributed by atoms with E-state index in [1.54, 1.807) is 28.8 Å². The van der Waals surface area contributed by atoms with Gasteiger partial charge in [-0.3, -0.25) is 19.1 Å². The lowest BCUT2D eigenvalue weighted by molar-refractivity contribution is -0.157. The summed E-state index contributed by atoms with van der Waals surface area (Å²) >= 11 is 0. The lowest BCUT2D eigenvalue weighted by Crippen LogP contribution is -2.69. The summed E-state index contributed by atoms with van der Waals surface area (Å²) in [4.78, 5) is 58.2. The average Bonchev–Trinajstić information content (AvgIpc) is 3.36. The molecular weight excluding hydrogens is 448 g/mol. The SMILES string of the molecule is CC(C)CN1C(=O)c2ccccc2N2C(=O)CC[C@@]12C(=O)OCCCn1c(=O)[nH]c2ccccc21. The van der Waals surface area contributed by atoms with Gasteiger partial charge >= 0.3 is 11.7 Å². The number of aromatic amines is 1. The van der Waals surface area contributed by atoms with Crippen molar-refractivity contribution in [2.24, 2.45) is 5.92 Å². The number of aryl methyl sites for hydroxylation is 1. The van der Waals surface area contributed by atoms with Crippen LogP contribution in [0.3, 0.4) is 0 Å². The highest BCUT2D eigenvalue weighted by Crippen LogP contribution is 2.45.